The first-order chi connectivity index (χ1) is 8.28. The highest BCUT2D eigenvalue weighted by atomic mass is 32.1. The second-order valence-corrected chi connectivity index (χ2v) is 4.63. The Labute approximate surface area is 103 Å². The Morgan fingerprint density at radius 2 is 2.24 bits per heavy atom. The van der Waals surface area contributed by atoms with E-state index in [0.717, 1.165) is 13.0 Å². The van der Waals surface area contributed by atoms with Gasteiger partial charge in [-0.15, -0.1) is 11.3 Å². The van der Waals surface area contributed by atoms with E-state index in [4.69, 9.17) is 5.26 Å². The van der Waals surface area contributed by atoms with Crippen LogP contribution in [0.3, 0.4) is 0 Å². The minimum Gasteiger partial charge on any atom is -0.385 e. The van der Waals surface area contributed by atoms with Crippen LogP contribution in [0, 0.1) is 17.1 Å². The van der Waals surface area contributed by atoms with Gasteiger partial charge in [-0.05, 0) is 36.1 Å². The fraction of sp³-hybridized carbons (Fsp3) is 0.154. The van der Waals surface area contributed by atoms with Gasteiger partial charge in [0.05, 0.1) is 11.6 Å². The maximum absolute atomic E-state index is 13.1. The minimum atomic E-state index is -0.386. The van der Waals surface area contributed by atoms with Crippen LogP contribution in [0.4, 0.5) is 10.1 Å². The van der Waals surface area contributed by atoms with Crippen LogP contribution >= 0.6 is 11.3 Å². The van der Waals surface area contributed by atoms with E-state index in [1.54, 1.807) is 17.4 Å². The first-order valence-electron chi connectivity index (χ1n) is 5.25. The van der Waals surface area contributed by atoms with E-state index < -0.39 is 0 Å². The number of rotatable bonds is 4. The molecule has 0 atom stereocenters. The summed E-state index contributed by atoms with van der Waals surface area (Å²) in [5.74, 6) is -0.386. The SMILES string of the molecule is N#Cc1cc(F)cc(NCCc2cccs2)c1. The molecule has 0 aliphatic heterocycles. The van der Waals surface area contributed by atoms with Gasteiger partial charge in [0.15, 0.2) is 0 Å². The van der Waals surface area contributed by atoms with Crippen LogP contribution in [0.2, 0.25) is 0 Å². The lowest BCUT2D eigenvalue weighted by atomic mass is 10.2. The molecule has 2 nitrogen and oxygen atoms in total. The summed E-state index contributed by atoms with van der Waals surface area (Å²) >= 11 is 1.70. The van der Waals surface area contributed by atoms with E-state index in [0.29, 0.717) is 11.3 Å². The van der Waals surface area contributed by atoms with Crippen LogP contribution in [0.5, 0.6) is 0 Å². The Kier molecular flexibility index (Phi) is 3.73. The predicted molar refractivity (Wildman–Crippen MR) is 67.6 cm³/mol. The van der Waals surface area contributed by atoms with Crippen molar-refractivity contribution in [2.24, 2.45) is 0 Å². The van der Waals surface area contributed by atoms with Crippen molar-refractivity contribution in [3.05, 3.63) is 52.0 Å². The third-order valence-corrected chi connectivity index (χ3v) is 3.24. The van der Waals surface area contributed by atoms with Gasteiger partial charge < -0.3 is 5.32 Å². The Morgan fingerprint density at radius 1 is 1.35 bits per heavy atom. The molecule has 0 spiro atoms. The Balaban J connectivity index is 1.95. The number of nitriles is 1. The molecule has 1 aromatic heterocycles. The smallest absolute Gasteiger partial charge is 0.126 e. The zero-order valence-corrected chi connectivity index (χ0v) is 9.93. The lowest BCUT2D eigenvalue weighted by Gasteiger charge is -2.05. The van der Waals surface area contributed by atoms with Crippen molar-refractivity contribution in [1.82, 2.24) is 0 Å². The number of anilines is 1. The van der Waals surface area contributed by atoms with Gasteiger partial charge in [-0.1, -0.05) is 6.07 Å². The summed E-state index contributed by atoms with van der Waals surface area (Å²) in [7, 11) is 0. The second kappa shape index (κ2) is 5.46. The molecular formula is C13H11FN2S. The van der Waals surface area contributed by atoms with Gasteiger partial charge in [0, 0.05) is 17.1 Å². The fourth-order valence-electron chi connectivity index (χ4n) is 1.54. The molecule has 0 saturated heterocycles. The van der Waals surface area contributed by atoms with Crippen molar-refractivity contribution in [2.45, 2.75) is 6.42 Å². The molecule has 17 heavy (non-hydrogen) atoms. The third kappa shape index (κ3) is 3.30. The molecule has 0 unspecified atom stereocenters. The zero-order valence-electron chi connectivity index (χ0n) is 9.11. The Morgan fingerprint density at radius 3 is 2.94 bits per heavy atom. The number of nitrogens with one attached hydrogen (secondary N) is 1. The number of thiophene rings is 1. The first kappa shape index (κ1) is 11.6. The molecule has 86 valence electrons. The average molecular weight is 246 g/mol. The summed E-state index contributed by atoms with van der Waals surface area (Å²) in [5.41, 5.74) is 0.988. The van der Waals surface area contributed by atoms with Gasteiger partial charge in [0.2, 0.25) is 0 Å². The average Bonchev–Trinajstić information content (AvgIpc) is 2.81. The number of hydrogen-bond acceptors (Lipinski definition) is 3. The zero-order chi connectivity index (χ0) is 12.1. The third-order valence-electron chi connectivity index (χ3n) is 2.31. The quantitative estimate of drug-likeness (QED) is 0.897. The first-order valence-corrected chi connectivity index (χ1v) is 6.13. The lowest BCUT2D eigenvalue weighted by molar-refractivity contribution is 0.627. The molecule has 1 aromatic carbocycles. The molecule has 0 aliphatic rings. The highest BCUT2D eigenvalue weighted by molar-refractivity contribution is 7.09. The number of hydrogen-bond donors (Lipinski definition) is 1. The van der Waals surface area contributed by atoms with Gasteiger partial charge in [-0.2, -0.15) is 5.26 Å². The minimum absolute atomic E-state index is 0.337. The fourth-order valence-corrected chi connectivity index (χ4v) is 2.25. The summed E-state index contributed by atoms with van der Waals surface area (Å²) in [6.45, 7) is 0.731. The molecule has 0 radical (unpaired) electrons. The van der Waals surface area contributed by atoms with E-state index in [9.17, 15) is 4.39 Å². The van der Waals surface area contributed by atoms with E-state index in [2.05, 4.69) is 11.4 Å². The van der Waals surface area contributed by atoms with E-state index in [1.807, 2.05) is 17.5 Å². The van der Waals surface area contributed by atoms with Crippen LogP contribution in [-0.4, -0.2) is 6.54 Å². The molecule has 0 fully saturated rings. The summed E-state index contributed by atoms with van der Waals surface area (Å²) in [4.78, 5) is 1.29. The van der Waals surface area contributed by atoms with Gasteiger partial charge >= 0.3 is 0 Å². The molecule has 0 saturated carbocycles. The van der Waals surface area contributed by atoms with Crippen molar-refractivity contribution in [1.29, 1.82) is 5.26 Å². The standard InChI is InChI=1S/C13H11FN2S/c14-11-6-10(9-15)7-12(8-11)16-4-3-13-2-1-5-17-13/h1-2,5-8,16H,3-4H2. The van der Waals surface area contributed by atoms with E-state index in [-0.39, 0.29) is 5.82 Å². The summed E-state index contributed by atoms with van der Waals surface area (Å²) in [5, 5.41) is 13.9. The molecule has 0 aliphatic carbocycles. The summed E-state index contributed by atoms with van der Waals surface area (Å²) < 4.78 is 13.1. The topological polar surface area (TPSA) is 35.8 Å². The van der Waals surface area contributed by atoms with Gasteiger partial charge in [0.25, 0.3) is 0 Å². The molecule has 0 bridgehead atoms. The molecule has 2 aromatic rings. The van der Waals surface area contributed by atoms with Crippen molar-refractivity contribution in [2.75, 3.05) is 11.9 Å². The van der Waals surface area contributed by atoms with Crippen LogP contribution in [-0.2, 0) is 6.42 Å². The van der Waals surface area contributed by atoms with E-state index >= 15 is 0 Å². The van der Waals surface area contributed by atoms with Crippen LogP contribution < -0.4 is 5.32 Å². The summed E-state index contributed by atoms with van der Waals surface area (Å²) in [6, 6.07) is 10.3. The van der Waals surface area contributed by atoms with Crippen LogP contribution in [0.1, 0.15) is 10.4 Å². The molecule has 1 N–H and O–H groups in total. The largest absolute Gasteiger partial charge is 0.385 e. The maximum Gasteiger partial charge on any atom is 0.126 e. The van der Waals surface area contributed by atoms with Crippen molar-refractivity contribution < 1.29 is 4.39 Å². The Bertz CT molecular complexity index is 529. The molecular weight excluding hydrogens is 235 g/mol. The second-order valence-electron chi connectivity index (χ2n) is 3.60. The number of benzene rings is 1. The predicted octanol–water partition coefficient (Wildman–Crippen LogP) is 3.41. The van der Waals surface area contributed by atoms with E-state index in [1.165, 1.54) is 17.0 Å². The van der Waals surface area contributed by atoms with Crippen molar-refractivity contribution in [3.8, 4) is 6.07 Å². The van der Waals surface area contributed by atoms with Gasteiger partial charge in [0.1, 0.15) is 5.82 Å². The summed E-state index contributed by atoms with van der Waals surface area (Å²) in [6.07, 6.45) is 0.899. The number of halogens is 1. The van der Waals surface area contributed by atoms with Gasteiger partial charge in [-0.3, -0.25) is 0 Å². The van der Waals surface area contributed by atoms with Crippen molar-refractivity contribution in [3.63, 3.8) is 0 Å². The van der Waals surface area contributed by atoms with Gasteiger partial charge in [-0.25, -0.2) is 4.39 Å². The maximum atomic E-state index is 13.1. The monoisotopic (exact) mass is 246 g/mol. The molecule has 4 heteroatoms. The Hall–Kier alpha value is -1.86. The molecule has 2 rings (SSSR count). The highest BCUT2D eigenvalue weighted by Crippen LogP contribution is 2.14. The van der Waals surface area contributed by atoms with Crippen molar-refractivity contribution >= 4 is 17.0 Å². The lowest BCUT2D eigenvalue weighted by Crippen LogP contribution is -2.04. The van der Waals surface area contributed by atoms with Crippen LogP contribution in [0.15, 0.2) is 35.7 Å². The number of nitrogens with zero attached hydrogens (tertiary/aromatic N) is 1. The molecule has 1 heterocycles. The normalized spacial score (nSPS) is 9.88. The van der Waals surface area contributed by atoms with Crippen LogP contribution in [0.25, 0.3) is 0 Å². The highest BCUT2D eigenvalue weighted by Gasteiger charge is 2.00. The molecule has 0 amide bonds.